The normalized spacial score (nSPS) is 27.3. The van der Waals surface area contributed by atoms with E-state index in [0.717, 1.165) is 36.9 Å². The lowest BCUT2D eigenvalue weighted by Gasteiger charge is -2.24. The Hall–Kier alpha value is -2.37. The van der Waals surface area contributed by atoms with Crippen molar-refractivity contribution in [1.82, 2.24) is 4.90 Å². The molecule has 0 spiro atoms. The van der Waals surface area contributed by atoms with Crippen LogP contribution in [0.25, 0.3) is 0 Å². The molecular formula is C19H22N2O4. The molecule has 0 radical (unpaired) electrons. The molecule has 4 rings (SSSR count). The maximum Gasteiger partial charge on any atom is 0.326 e. The van der Waals surface area contributed by atoms with Gasteiger partial charge in [-0.15, -0.1) is 0 Å². The first-order valence-corrected chi connectivity index (χ1v) is 8.92. The Morgan fingerprint density at radius 3 is 2.72 bits per heavy atom. The molecule has 0 aromatic heterocycles. The molecule has 1 N–H and O–H groups in total. The molecule has 2 heterocycles. The fraction of sp³-hybridized carbons (Fsp3) is 0.526. The summed E-state index contributed by atoms with van der Waals surface area (Å²) in [6.45, 7) is 2.71. The second-order valence-electron chi connectivity index (χ2n) is 7.36. The number of rotatable bonds is 2. The number of nitrogens with zero attached hydrogens (tertiary/aromatic N) is 2. The Bertz CT molecular complexity index is 760. The number of benzene rings is 1. The lowest BCUT2D eigenvalue weighted by atomic mass is 9.94. The molecule has 132 valence electrons. The van der Waals surface area contributed by atoms with E-state index in [9.17, 15) is 19.5 Å². The average molecular weight is 342 g/mol. The topological polar surface area (TPSA) is 77.9 Å². The van der Waals surface area contributed by atoms with Crippen LogP contribution in [0.4, 0.5) is 5.69 Å². The number of carboxylic acids is 1. The summed E-state index contributed by atoms with van der Waals surface area (Å²) in [5, 5.41) is 9.64. The van der Waals surface area contributed by atoms with Crippen LogP contribution in [0.15, 0.2) is 18.2 Å². The predicted molar refractivity (Wildman–Crippen MR) is 91.5 cm³/mol. The fourth-order valence-electron chi connectivity index (χ4n) is 4.86. The molecule has 3 unspecified atom stereocenters. The van der Waals surface area contributed by atoms with Gasteiger partial charge >= 0.3 is 5.97 Å². The highest BCUT2D eigenvalue weighted by atomic mass is 16.4. The molecule has 1 saturated heterocycles. The molecule has 1 aromatic carbocycles. The Morgan fingerprint density at radius 2 is 2.00 bits per heavy atom. The van der Waals surface area contributed by atoms with E-state index in [0.29, 0.717) is 24.6 Å². The Labute approximate surface area is 146 Å². The van der Waals surface area contributed by atoms with Crippen LogP contribution in [0.1, 0.15) is 42.1 Å². The standard InChI is InChI=1S/C19H22N2O4/c1-11(22)20-8-7-12-9-13(5-6-16(12)20)18(23)21-10-14-3-2-4-15(14)17(21)19(24)25/h5-6,9,14-15,17H,2-4,7-8,10H2,1H3,(H,24,25). The van der Waals surface area contributed by atoms with Crippen molar-refractivity contribution in [3.63, 3.8) is 0 Å². The Kier molecular flexibility index (Phi) is 3.78. The molecule has 6 heteroatoms. The van der Waals surface area contributed by atoms with Gasteiger partial charge in [0.25, 0.3) is 5.91 Å². The quantitative estimate of drug-likeness (QED) is 0.891. The first kappa shape index (κ1) is 16.1. The summed E-state index contributed by atoms with van der Waals surface area (Å²) < 4.78 is 0. The zero-order chi connectivity index (χ0) is 17.7. The van der Waals surface area contributed by atoms with Crippen LogP contribution < -0.4 is 4.90 Å². The third-order valence-corrected chi connectivity index (χ3v) is 6.01. The highest BCUT2D eigenvalue weighted by molar-refractivity contribution is 5.99. The molecule has 1 aromatic rings. The minimum atomic E-state index is -0.897. The van der Waals surface area contributed by atoms with Gasteiger partial charge in [0.15, 0.2) is 0 Å². The van der Waals surface area contributed by atoms with E-state index in [1.165, 1.54) is 6.92 Å². The number of amides is 2. The average Bonchev–Trinajstić information content (AvgIpc) is 3.26. The van der Waals surface area contributed by atoms with Gasteiger partial charge in [0.05, 0.1) is 0 Å². The van der Waals surface area contributed by atoms with Gasteiger partial charge in [-0.2, -0.15) is 0 Å². The maximum absolute atomic E-state index is 13.0. The lowest BCUT2D eigenvalue weighted by Crippen LogP contribution is -2.43. The van der Waals surface area contributed by atoms with Gasteiger partial charge in [-0.1, -0.05) is 6.42 Å². The zero-order valence-electron chi connectivity index (χ0n) is 14.3. The molecule has 3 atom stereocenters. The van der Waals surface area contributed by atoms with Crippen molar-refractivity contribution in [3.05, 3.63) is 29.3 Å². The summed E-state index contributed by atoms with van der Waals surface area (Å²) >= 11 is 0. The number of hydrogen-bond donors (Lipinski definition) is 1. The molecule has 2 fully saturated rings. The van der Waals surface area contributed by atoms with E-state index < -0.39 is 12.0 Å². The van der Waals surface area contributed by atoms with Gasteiger partial charge < -0.3 is 14.9 Å². The molecule has 0 bridgehead atoms. The monoisotopic (exact) mass is 342 g/mol. The molecule has 6 nitrogen and oxygen atoms in total. The molecule has 2 aliphatic heterocycles. The summed E-state index contributed by atoms with van der Waals surface area (Å²) in [6, 6.07) is 4.65. The number of carboxylic acid groups (broad SMARTS) is 1. The smallest absolute Gasteiger partial charge is 0.326 e. The van der Waals surface area contributed by atoms with Crippen LogP contribution in [0.3, 0.4) is 0 Å². The molecule has 25 heavy (non-hydrogen) atoms. The van der Waals surface area contributed by atoms with Crippen LogP contribution in [0.2, 0.25) is 0 Å². The first-order chi connectivity index (χ1) is 12.0. The fourth-order valence-corrected chi connectivity index (χ4v) is 4.86. The number of carbonyl (C=O) groups excluding carboxylic acids is 2. The molecular weight excluding hydrogens is 320 g/mol. The largest absolute Gasteiger partial charge is 0.480 e. The highest BCUT2D eigenvalue weighted by Crippen LogP contribution is 2.43. The van der Waals surface area contributed by atoms with E-state index in [2.05, 4.69) is 0 Å². The number of carbonyl (C=O) groups is 3. The summed E-state index contributed by atoms with van der Waals surface area (Å²) in [7, 11) is 0. The van der Waals surface area contributed by atoms with E-state index >= 15 is 0 Å². The minimum absolute atomic E-state index is 0.00358. The van der Waals surface area contributed by atoms with Crippen molar-refractivity contribution in [2.24, 2.45) is 11.8 Å². The first-order valence-electron chi connectivity index (χ1n) is 8.92. The summed E-state index contributed by atoms with van der Waals surface area (Å²) in [4.78, 5) is 39.7. The van der Waals surface area contributed by atoms with Crippen molar-refractivity contribution in [1.29, 1.82) is 0 Å². The summed E-state index contributed by atoms with van der Waals surface area (Å²) in [5.74, 6) is -0.703. The van der Waals surface area contributed by atoms with Crippen LogP contribution in [0, 0.1) is 11.8 Å². The second-order valence-corrected chi connectivity index (χ2v) is 7.36. The summed E-state index contributed by atoms with van der Waals surface area (Å²) in [5.41, 5.74) is 2.36. The Balaban J connectivity index is 1.61. The van der Waals surface area contributed by atoms with Gasteiger partial charge in [-0.05, 0) is 54.9 Å². The van der Waals surface area contributed by atoms with Crippen molar-refractivity contribution < 1.29 is 19.5 Å². The zero-order valence-corrected chi connectivity index (χ0v) is 14.3. The molecule has 3 aliphatic rings. The van der Waals surface area contributed by atoms with Gasteiger partial charge in [0.1, 0.15) is 6.04 Å². The van der Waals surface area contributed by atoms with E-state index in [1.54, 1.807) is 15.9 Å². The number of fused-ring (bicyclic) bond motifs is 2. The van der Waals surface area contributed by atoms with Crippen molar-refractivity contribution in [3.8, 4) is 0 Å². The van der Waals surface area contributed by atoms with E-state index in [1.807, 2.05) is 12.1 Å². The maximum atomic E-state index is 13.0. The molecule has 1 saturated carbocycles. The van der Waals surface area contributed by atoms with Gasteiger partial charge in [0.2, 0.25) is 5.91 Å². The van der Waals surface area contributed by atoms with Crippen molar-refractivity contribution >= 4 is 23.5 Å². The second kappa shape index (κ2) is 5.86. The predicted octanol–water partition coefficient (Wildman–Crippen LogP) is 1.92. The van der Waals surface area contributed by atoms with Gasteiger partial charge in [-0.25, -0.2) is 4.79 Å². The number of hydrogen-bond acceptors (Lipinski definition) is 3. The van der Waals surface area contributed by atoms with Crippen molar-refractivity contribution in [2.75, 3.05) is 18.0 Å². The number of aliphatic carboxylic acids is 1. The van der Waals surface area contributed by atoms with Gasteiger partial charge in [0, 0.05) is 31.3 Å². The highest BCUT2D eigenvalue weighted by Gasteiger charge is 2.49. The van der Waals surface area contributed by atoms with Crippen LogP contribution in [-0.2, 0) is 16.0 Å². The van der Waals surface area contributed by atoms with Crippen molar-refractivity contribution in [2.45, 2.75) is 38.6 Å². The molecule has 2 amide bonds. The third-order valence-electron chi connectivity index (χ3n) is 6.01. The van der Waals surface area contributed by atoms with Gasteiger partial charge in [-0.3, -0.25) is 9.59 Å². The number of anilines is 1. The SMILES string of the molecule is CC(=O)N1CCc2cc(C(=O)N3CC4CCCC4C3C(=O)O)ccc21. The minimum Gasteiger partial charge on any atom is -0.480 e. The lowest BCUT2D eigenvalue weighted by molar-refractivity contribution is -0.142. The van der Waals surface area contributed by atoms with Crippen LogP contribution >= 0.6 is 0 Å². The third kappa shape index (κ3) is 2.51. The van der Waals surface area contributed by atoms with Crippen LogP contribution in [-0.4, -0.2) is 46.9 Å². The molecule has 1 aliphatic carbocycles. The van der Waals surface area contributed by atoms with E-state index in [4.69, 9.17) is 0 Å². The van der Waals surface area contributed by atoms with E-state index in [-0.39, 0.29) is 17.7 Å². The number of likely N-dealkylation sites (tertiary alicyclic amines) is 1. The Morgan fingerprint density at radius 1 is 1.20 bits per heavy atom. The summed E-state index contributed by atoms with van der Waals surface area (Å²) in [6.07, 6.45) is 3.68. The van der Waals surface area contributed by atoms with Crippen LogP contribution in [0.5, 0.6) is 0 Å².